The Balaban J connectivity index is 1.40. The van der Waals surface area contributed by atoms with Gasteiger partial charge < -0.3 is 32.3 Å². The number of rotatable bonds is 11. The number of nitrogens with zero attached hydrogens (tertiary/aromatic N) is 3. The molecule has 2 aliphatic heterocycles. The Bertz CT molecular complexity index is 1330. The van der Waals surface area contributed by atoms with Crippen LogP contribution in [0, 0.1) is 0 Å². The number of aromatic nitrogens is 3. The maximum absolute atomic E-state index is 12.9. The number of carboxylic acid groups (broad SMARTS) is 2. The van der Waals surface area contributed by atoms with Gasteiger partial charge in [0.15, 0.2) is 10.7 Å². The van der Waals surface area contributed by atoms with Gasteiger partial charge in [0.05, 0.1) is 0 Å². The maximum atomic E-state index is 12.9. The van der Waals surface area contributed by atoms with Crippen LogP contribution in [0.5, 0.6) is 0 Å². The Labute approximate surface area is 222 Å². The van der Waals surface area contributed by atoms with Gasteiger partial charge in [-0.15, -0.1) is 22.0 Å². The Morgan fingerprint density at radius 1 is 1.21 bits per heavy atom. The summed E-state index contributed by atoms with van der Waals surface area (Å²) in [5.41, 5.74) is 12.5. The number of nitrogens with one attached hydrogen (secondary N) is 3. The molecule has 2 aromatic rings. The van der Waals surface area contributed by atoms with Gasteiger partial charge in [0, 0.05) is 17.2 Å². The van der Waals surface area contributed by atoms with E-state index in [9.17, 15) is 29.1 Å². The predicted octanol–water partition coefficient (Wildman–Crippen LogP) is -1.07. The highest BCUT2D eigenvalue weighted by atomic mass is 32.2. The maximum Gasteiger partial charge on any atom is 0.352 e. The standard InChI is InChI=1S/C21H22N8O7S2/c22-12(8-1-3-10(4-2-8)24-5-11(30)31)17(33)25-14-19(34)29-15(21(35)36)9(7-38-20(14)29)6-37-18-13(16(23)32)26-28-27-18/h1-4,12,14,20,24H,5-7,22H2,(H2,23,32)(H,25,33)(H,30,31)(H,35,36)(H,26,27,28)/t12-,14?,20-/m1/s1. The molecule has 1 saturated heterocycles. The highest BCUT2D eigenvalue weighted by molar-refractivity contribution is 8.01. The van der Waals surface area contributed by atoms with Crippen molar-refractivity contribution < 1.29 is 34.2 Å². The van der Waals surface area contributed by atoms with Crippen LogP contribution in [0.1, 0.15) is 22.1 Å². The summed E-state index contributed by atoms with van der Waals surface area (Å²) < 4.78 is 0. The number of carboxylic acids is 2. The van der Waals surface area contributed by atoms with E-state index in [-0.39, 0.29) is 34.5 Å². The molecule has 17 heteroatoms. The molecule has 0 bridgehead atoms. The van der Waals surface area contributed by atoms with Crippen molar-refractivity contribution in [1.82, 2.24) is 25.6 Å². The molecule has 2 aliphatic rings. The normalized spacial score (nSPS) is 19.3. The summed E-state index contributed by atoms with van der Waals surface area (Å²) in [7, 11) is 0. The number of hydrogen-bond donors (Lipinski definition) is 7. The van der Waals surface area contributed by atoms with Crippen LogP contribution in [-0.2, 0) is 19.2 Å². The number of H-pyrrole nitrogens is 1. The van der Waals surface area contributed by atoms with Crippen LogP contribution in [0.25, 0.3) is 0 Å². The number of thioether (sulfide) groups is 2. The lowest BCUT2D eigenvalue weighted by molar-refractivity contribution is -0.150. The number of primary amides is 1. The van der Waals surface area contributed by atoms with Crippen molar-refractivity contribution in [3.63, 3.8) is 0 Å². The summed E-state index contributed by atoms with van der Waals surface area (Å²) in [4.78, 5) is 61.0. The van der Waals surface area contributed by atoms with Crippen molar-refractivity contribution in [2.45, 2.75) is 22.5 Å². The average molecular weight is 563 g/mol. The van der Waals surface area contributed by atoms with Crippen molar-refractivity contribution in [2.24, 2.45) is 11.5 Å². The molecule has 200 valence electrons. The van der Waals surface area contributed by atoms with Crippen LogP contribution in [0.2, 0.25) is 0 Å². The molecule has 3 heterocycles. The number of aliphatic carboxylic acids is 2. The Kier molecular flexibility index (Phi) is 7.88. The monoisotopic (exact) mass is 562 g/mol. The molecule has 0 radical (unpaired) electrons. The van der Waals surface area contributed by atoms with E-state index in [1.807, 2.05) is 0 Å². The highest BCUT2D eigenvalue weighted by Crippen LogP contribution is 2.41. The second kappa shape index (κ2) is 11.1. The minimum absolute atomic E-state index is 0.0703. The summed E-state index contributed by atoms with van der Waals surface area (Å²) in [6, 6.07) is 4.21. The molecule has 38 heavy (non-hydrogen) atoms. The molecule has 0 saturated carbocycles. The number of nitrogens with two attached hydrogens (primary N) is 2. The van der Waals surface area contributed by atoms with E-state index >= 15 is 0 Å². The van der Waals surface area contributed by atoms with Crippen LogP contribution in [0.4, 0.5) is 5.69 Å². The molecule has 3 atom stereocenters. The topological polar surface area (TPSA) is 247 Å². The smallest absolute Gasteiger partial charge is 0.352 e. The van der Waals surface area contributed by atoms with Gasteiger partial charge in [0.2, 0.25) is 5.91 Å². The van der Waals surface area contributed by atoms with E-state index in [2.05, 4.69) is 26.0 Å². The van der Waals surface area contributed by atoms with E-state index in [0.29, 0.717) is 16.8 Å². The summed E-state index contributed by atoms with van der Waals surface area (Å²) in [5, 5.41) is 33.2. The molecule has 1 unspecified atom stereocenters. The molecule has 4 rings (SSSR count). The first kappa shape index (κ1) is 27.0. The lowest BCUT2D eigenvalue weighted by Gasteiger charge is -2.49. The SMILES string of the molecule is NC(=O)c1n[nH]nc1SCC1=C(C(=O)O)N2C(=O)C(NC(=O)[C@H](N)c3ccc(NCC(=O)O)cc3)[C@H]2SC1. The van der Waals surface area contributed by atoms with E-state index in [1.54, 1.807) is 24.3 Å². The summed E-state index contributed by atoms with van der Waals surface area (Å²) >= 11 is 2.34. The number of fused-ring (bicyclic) bond motifs is 1. The first-order valence-electron chi connectivity index (χ1n) is 10.9. The number of β-lactam (4-membered cyclic amide) rings is 1. The number of hydrogen-bond acceptors (Lipinski definition) is 11. The summed E-state index contributed by atoms with van der Waals surface area (Å²) in [6.07, 6.45) is 0. The third-order valence-electron chi connectivity index (χ3n) is 5.68. The van der Waals surface area contributed by atoms with Gasteiger partial charge in [-0.25, -0.2) is 4.79 Å². The number of benzene rings is 1. The zero-order valence-corrected chi connectivity index (χ0v) is 21.0. The lowest BCUT2D eigenvalue weighted by atomic mass is 10.0. The van der Waals surface area contributed by atoms with Gasteiger partial charge in [0.25, 0.3) is 11.8 Å². The molecular formula is C21H22N8O7S2. The van der Waals surface area contributed by atoms with Crippen molar-refractivity contribution in [2.75, 3.05) is 23.4 Å². The zero-order chi connectivity index (χ0) is 27.6. The Morgan fingerprint density at radius 3 is 2.55 bits per heavy atom. The molecule has 3 amide bonds. The second-order valence-corrected chi connectivity index (χ2v) is 10.2. The quantitative estimate of drug-likeness (QED) is 0.127. The van der Waals surface area contributed by atoms with E-state index in [0.717, 1.165) is 16.7 Å². The third-order valence-corrected chi connectivity index (χ3v) is 8.07. The molecule has 0 spiro atoms. The average Bonchev–Trinajstić information content (AvgIpc) is 3.37. The lowest BCUT2D eigenvalue weighted by Crippen LogP contribution is -2.71. The van der Waals surface area contributed by atoms with Crippen molar-refractivity contribution >= 4 is 58.9 Å². The zero-order valence-electron chi connectivity index (χ0n) is 19.4. The van der Waals surface area contributed by atoms with Crippen molar-refractivity contribution in [3.05, 3.63) is 46.8 Å². The molecular weight excluding hydrogens is 540 g/mol. The molecule has 9 N–H and O–H groups in total. The predicted molar refractivity (Wildman–Crippen MR) is 135 cm³/mol. The summed E-state index contributed by atoms with van der Waals surface area (Å²) in [5.74, 6) is -3.94. The fourth-order valence-corrected chi connectivity index (χ4v) is 6.23. The first-order valence-corrected chi connectivity index (χ1v) is 13.0. The minimum Gasteiger partial charge on any atom is -0.480 e. The van der Waals surface area contributed by atoms with Crippen LogP contribution < -0.4 is 22.1 Å². The van der Waals surface area contributed by atoms with Crippen molar-refractivity contribution in [1.29, 1.82) is 0 Å². The van der Waals surface area contributed by atoms with E-state index < -0.39 is 47.1 Å². The number of carbonyl (C=O) groups excluding carboxylic acids is 3. The number of aromatic amines is 1. The largest absolute Gasteiger partial charge is 0.480 e. The minimum atomic E-state index is -1.30. The molecule has 15 nitrogen and oxygen atoms in total. The van der Waals surface area contributed by atoms with E-state index in [1.165, 1.54) is 11.8 Å². The molecule has 1 fully saturated rings. The van der Waals surface area contributed by atoms with Gasteiger partial charge in [-0.05, 0) is 23.3 Å². The van der Waals surface area contributed by atoms with Crippen LogP contribution in [0.3, 0.4) is 0 Å². The van der Waals surface area contributed by atoms with Gasteiger partial charge in [0.1, 0.15) is 29.7 Å². The van der Waals surface area contributed by atoms with Crippen LogP contribution in [-0.4, -0.2) is 89.7 Å². The van der Waals surface area contributed by atoms with Gasteiger partial charge in [-0.1, -0.05) is 23.9 Å². The van der Waals surface area contributed by atoms with Gasteiger partial charge in [-0.3, -0.25) is 24.1 Å². The van der Waals surface area contributed by atoms with Crippen LogP contribution in [0.15, 0.2) is 40.6 Å². The Morgan fingerprint density at radius 2 is 1.92 bits per heavy atom. The van der Waals surface area contributed by atoms with Crippen molar-refractivity contribution in [3.8, 4) is 0 Å². The van der Waals surface area contributed by atoms with Gasteiger partial charge >= 0.3 is 11.9 Å². The first-order chi connectivity index (χ1) is 18.1. The Hall–Kier alpha value is -4.09. The third kappa shape index (κ3) is 5.43. The van der Waals surface area contributed by atoms with E-state index in [4.69, 9.17) is 16.6 Å². The molecule has 0 aliphatic carbocycles. The second-order valence-electron chi connectivity index (χ2n) is 8.13. The highest BCUT2D eigenvalue weighted by Gasteiger charge is 2.54. The number of amides is 3. The molecule has 1 aromatic heterocycles. The fourth-order valence-electron chi connectivity index (χ4n) is 3.81. The molecule has 1 aromatic carbocycles. The summed E-state index contributed by atoms with van der Waals surface area (Å²) in [6.45, 7) is -0.271. The fraction of sp³-hybridized carbons (Fsp3) is 0.286. The number of anilines is 1. The van der Waals surface area contributed by atoms with Gasteiger partial charge in [-0.2, -0.15) is 5.21 Å². The number of carbonyl (C=O) groups is 5. The van der Waals surface area contributed by atoms with Crippen LogP contribution >= 0.6 is 23.5 Å².